The van der Waals surface area contributed by atoms with Crippen LogP contribution in [0, 0.1) is 0 Å². The Morgan fingerprint density at radius 3 is 2.62 bits per heavy atom. The molecule has 0 atom stereocenters. The lowest BCUT2D eigenvalue weighted by atomic mass is 10.2. The number of nitrogens with two attached hydrogens (primary N) is 1. The van der Waals surface area contributed by atoms with Crippen LogP contribution in [0.15, 0.2) is 12.1 Å². The average Bonchev–Trinajstić information content (AvgIpc) is 2.95. The molecule has 2 heterocycles. The molecular formula is C12H10F3N3O2S. The largest absolute Gasteiger partial charge is 0.454 e. The molecule has 0 fully saturated rings. The fourth-order valence-electron chi connectivity index (χ4n) is 2.18. The van der Waals surface area contributed by atoms with E-state index in [2.05, 4.69) is 4.98 Å². The van der Waals surface area contributed by atoms with Gasteiger partial charge >= 0.3 is 6.18 Å². The van der Waals surface area contributed by atoms with Crippen LogP contribution in [-0.4, -0.2) is 21.3 Å². The summed E-state index contributed by atoms with van der Waals surface area (Å²) in [5.41, 5.74) is 5.87. The summed E-state index contributed by atoms with van der Waals surface area (Å²) in [6.07, 6.45) is -4.42. The van der Waals surface area contributed by atoms with Gasteiger partial charge in [0.1, 0.15) is 0 Å². The molecule has 0 amide bonds. The molecule has 21 heavy (non-hydrogen) atoms. The minimum Gasteiger partial charge on any atom is -0.454 e. The van der Waals surface area contributed by atoms with E-state index in [0.29, 0.717) is 17.0 Å². The first-order valence-corrected chi connectivity index (χ1v) is 6.42. The van der Waals surface area contributed by atoms with Crippen molar-refractivity contribution in [1.29, 1.82) is 0 Å². The molecule has 1 aromatic heterocycles. The number of rotatable bonds is 3. The molecule has 1 aromatic carbocycles. The molecule has 0 bridgehead atoms. The van der Waals surface area contributed by atoms with Gasteiger partial charge in [0.25, 0.3) is 0 Å². The molecule has 5 nitrogen and oxygen atoms in total. The number of fused-ring (bicyclic) bond motifs is 2. The van der Waals surface area contributed by atoms with Gasteiger partial charge in [0.2, 0.25) is 12.6 Å². The summed E-state index contributed by atoms with van der Waals surface area (Å²) >= 11 is 4.73. The maximum absolute atomic E-state index is 13.1. The Balaban J connectivity index is 2.16. The van der Waals surface area contributed by atoms with Crippen LogP contribution in [-0.2, 0) is 12.7 Å². The van der Waals surface area contributed by atoms with Crippen LogP contribution in [0.4, 0.5) is 13.2 Å². The number of alkyl halides is 3. The monoisotopic (exact) mass is 317 g/mol. The van der Waals surface area contributed by atoms with Crippen LogP contribution in [0.3, 0.4) is 0 Å². The maximum Gasteiger partial charge on any atom is 0.449 e. The summed E-state index contributed by atoms with van der Waals surface area (Å²) in [5.74, 6) is -0.208. The van der Waals surface area contributed by atoms with E-state index in [4.69, 9.17) is 27.4 Å². The standard InChI is InChI=1S/C12H10F3N3O2S/c13-12(14,15)11-17-6-3-8-9(20-5-19-8)4-7(6)18(11)2-1-10(16)21/h3-4H,1-2,5H2,(H2,16,21). The number of halogens is 3. The second-order valence-corrected chi connectivity index (χ2v) is 5.02. The van der Waals surface area contributed by atoms with Crippen molar-refractivity contribution in [1.82, 2.24) is 9.55 Å². The van der Waals surface area contributed by atoms with Crippen molar-refractivity contribution in [2.24, 2.45) is 5.73 Å². The molecule has 0 saturated heterocycles. The van der Waals surface area contributed by atoms with Crippen LogP contribution < -0.4 is 15.2 Å². The first kappa shape index (κ1) is 13.9. The van der Waals surface area contributed by atoms with Gasteiger partial charge in [-0.2, -0.15) is 13.2 Å². The molecule has 0 spiro atoms. The average molecular weight is 317 g/mol. The van der Waals surface area contributed by atoms with E-state index in [1.54, 1.807) is 0 Å². The zero-order chi connectivity index (χ0) is 15.2. The number of nitrogens with zero attached hydrogens (tertiary/aromatic N) is 2. The van der Waals surface area contributed by atoms with Gasteiger partial charge in [0.05, 0.1) is 16.0 Å². The highest BCUT2D eigenvalue weighted by atomic mass is 32.1. The van der Waals surface area contributed by atoms with Crippen LogP contribution in [0.25, 0.3) is 11.0 Å². The highest BCUT2D eigenvalue weighted by Crippen LogP contribution is 2.38. The van der Waals surface area contributed by atoms with Crippen molar-refractivity contribution in [2.45, 2.75) is 19.1 Å². The van der Waals surface area contributed by atoms with E-state index < -0.39 is 12.0 Å². The second kappa shape index (κ2) is 4.76. The van der Waals surface area contributed by atoms with E-state index in [1.165, 1.54) is 12.1 Å². The molecule has 2 N–H and O–H groups in total. The summed E-state index contributed by atoms with van der Waals surface area (Å²) in [7, 11) is 0. The zero-order valence-corrected chi connectivity index (χ0v) is 11.4. The Morgan fingerprint density at radius 2 is 2.00 bits per heavy atom. The van der Waals surface area contributed by atoms with Gasteiger partial charge in [0, 0.05) is 25.1 Å². The van der Waals surface area contributed by atoms with E-state index in [0.717, 1.165) is 4.57 Å². The van der Waals surface area contributed by atoms with Crippen molar-refractivity contribution in [3.05, 3.63) is 18.0 Å². The zero-order valence-electron chi connectivity index (χ0n) is 10.6. The van der Waals surface area contributed by atoms with Crippen LogP contribution in [0.5, 0.6) is 11.5 Å². The number of ether oxygens (including phenoxy) is 2. The van der Waals surface area contributed by atoms with Gasteiger partial charge in [-0.1, -0.05) is 12.2 Å². The lowest BCUT2D eigenvalue weighted by Crippen LogP contribution is -2.18. The normalized spacial score (nSPS) is 13.9. The number of aromatic nitrogens is 2. The Morgan fingerprint density at radius 1 is 1.33 bits per heavy atom. The number of hydrogen-bond acceptors (Lipinski definition) is 4. The number of imidazole rings is 1. The third-order valence-electron chi connectivity index (χ3n) is 3.08. The van der Waals surface area contributed by atoms with Crippen molar-refractivity contribution in [2.75, 3.05) is 6.79 Å². The van der Waals surface area contributed by atoms with Crippen molar-refractivity contribution in [3.8, 4) is 11.5 Å². The minimum absolute atomic E-state index is 0.000318. The summed E-state index contributed by atoms with van der Waals surface area (Å²) in [4.78, 5) is 3.80. The summed E-state index contributed by atoms with van der Waals surface area (Å²) in [6.45, 7) is 0.0429. The first-order chi connectivity index (χ1) is 9.86. The van der Waals surface area contributed by atoms with E-state index >= 15 is 0 Å². The van der Waals surface area contributed by atoms with Gasteiger partial charge in [0.15, 0.2) is 11.5 Å². The first-order valence-electron chi connectivity index (χ1n) is 6.01. The summed E-state index contributed by atoms with van der Waals surface area (Å²) in [6, 6.07) is 2.92. The summed E-state index contributed by atoms with van der Waals surface area (Å²) in [5, 5.41) is 0. The highest BCUT2D eigenvalue weighted by Gasteiger charge is 2.38. The predicted octanol–water partition coefficient (Wildman–Crippen LogP) is 2.46. The number of benzene rings is 1. The molecule has 0 saturated carbocycles. The SMILES string of the molecule is NC(=S)CCn1c(C(F)(F)F)nc2cc3c(cc21)OCO3. The Kier molecular flexibility index (Phi) is 3.16. The third-order valence-corrected chi connectivity index (χ3v) is 3.28. The van der Waals surface area contributed by atoms with E-state index in [9.17, 15) is 13.2 Å². The molecule has 1 aliphatic rings. The number of aryl methyl sites for hydroxylation is 1. The molecule has 112 valence electrons. The fourth-order valence-corrected chi connectivity index (χ4v) is 2.27. The van der Waals surface area contributed by atoms with Crippen LogP contribution in [0.2, 0.25) is 0 Å². The Hall–Kier alpha value is -2.03. The lowest BCUT2D eigenvalue weighted by molar-refractivity contribution is -0.146. The molecule has 1 aliphatic heterocycles. The molecular weight excluding hydrogens is 307 g/mol. The van der Waals surface area contributed by atoms with E-state index in [-0.39, 0.29) is 30.3 Å². The predicted molar refractivity (Wildman–Crippen MR) is 72.3 cm³/mol. The molecule has 9 heteroatoms. The second-order valence-electron chi connectivity index (χ2n) is 4.50. The van der Waals surface area contributed by atoms with Crippen molar-refractivity contribution in [3.63, 3.8) is 0 Å². The molecule has 0 radical (unpaired) electrons. The highest BCUT2D eigenvalue weighted by molar-refractivity contribution is 7.80. The maximum atomic E-state index is 13.1. The lowest BCUT2D eigenvalue weighted by Gasteiger charge is -2.11. The molecule has 2 aromatic rings. The summed E-state index contributed by atoms with van der Waals surface area (Å²) < 4.78 is 50.7. The molecule has 3 rings (SSSR count). The molecule has 0 aliphatic carbocycles. The van der Waals surface area contributed by atoms with E-state index in [1.807, 2.05) is 0 Å². The van der Waals surface area contributed by atoms with Gasteiger partial charge < -0.3 is 19.8 Å². The van der Waals surface area contributed by atoms with Gasteiger partial charge in [-0.3, -0.25) is 0 Å². The third kappa shape index (κ3) is 2.48. The van der Waals surface area contributed by atoms with Gasteiger partial charge in [-0.25, -0.2) is 4.98 Å². The molecule has 0 unspecified atom stereocenters. The quantitative estimate of drug-likeness (QED) is 0.881. The van der Waals surface area contributed by atoms with Gasteiger partial charge in [-0.05, 0) is 0 Å². The number of hydrogen-bond donors (Lipinski definition) is 1. The smallest absolute Gasteiger partial charge is 0.449 e. The topological polar surface area (TPSA) is 62.3 Å². The van der Waals surface area contributed by atoms with Crippen molar-refractivity contribution < 1.29 is 22.6 Å². The minimum atomic E-state index is -4.57. The Labute approximate surface area is 122 Å². The van der Waals surface area contributed by atoms with Crippen LogP contribution in [0.1, 0.15) is 12.2 Å². The Bertz CT molecular complexity index is 727. The number of thiocarbonyl (C=S) groups is 1. The van der Waals surface area contributed by atoms with Crippen molar-refractivity contribution >= 4 is 28.2 Å². The van der Waals surface area contributed by atoms with Crippen LogP contribution >= 0.6 is 12.2 Å². The van der Waals surface area contributed by atoms with Gasteiger partial charge in [-0.15, -0.1) is 0 Å². The fraction of sp³-hybridized carbons (Fsp3) is 0.333.